The fraction of sp³-hybridized carbons (Fsp3) is 0.543. The lowest BCUT2D eigenvalue weighted by atomic mass is 9.49. The van der Waals surface area contributed by atoms with Crippen molar-refractivity contribution in [3.8, 4) is 0 Å². The third-order valence-electron chi connectivity index (χ3n) is 9.79. The molecule has 0 amide bonds. The first-order chi connectivity index (χ1) is 20.6. The lowest BCUT2D eigenvalue weighted by molar-refractivity contribution is -0.198. The van der Waals surface area contributed by atoms with E-state index in [1.807, 2.05) is 58.0 Å². The summed E-state index contributed by atoms with van der Waals surface area (Å²) in [6.07, 6.45) is -0.427. The summed E-state index contributed by atoms with van der Waals surface area (Å²) in [5.41, 5.74) is 0.955. The van der Waals surface area contributed by atoms with Crippen LogP contribution in [0.5, 0.6) is 0 Å². The van der Waals surface area contributed by atoms with Crippen LogP contribution >= 0.6 is 0 Å². The smallest absolute Gasteiger partial charge is 0.331 e. The van der Waals surface area contributed by atoms with E-state index in [0.717, 1.165) is 5.56 Å². The fourth-order valence-electron chi connectivity index (χ4n) is 7.86. The fourth-order valence-corrected chi connectivity index (χ4v) is 7.86. The lowest BCUT2D eigenvalue weighted by Gasteiger charge is -2.59. The number of hydrogen-bond acceptors (Lipinski definition) is 9. The largest absolute Gasteiger partial charge is 0.458 e. The molecule has 2 bridgehead atoms. The molecule has 3 aliphatic carbocycles. The van der Waals surface area contributed by atoms with Crippen molar-refractivity contribution in [1.82, 2.24) is 0 Å². The highest BCUT2D eigenvalue weighted by molar-refractivity contribution is 5.87. The summed E-state index contributed by atoms with van der Waals surface area (Å²) in [5, 5.41) is 12.3. The number of esters is 4. The van der Waals surface area contributed by atoms with E-state index in [0.29, 0.717) is 36.0 Å². The van der Waals surface area contributed by atoms with Crippen molar-refractivity contribution >= 4 is 30.0 Å². The number of benzene rings is 1. The van der Waals surface area contributed by atoms with E-state index in [1.165, 1.54) is 26.8 Å². The number of aliphatic hydroxyl groups is 1. The first-order valence-electron chi connectivity index (χ1n) is 15.1. The lowest BCUT2D eigenvalue weighted by Crippen LogP contribution is -2.63. The highest BCUT2D eigenvalue weighted by Gasteiger charge is 2.63. The number of ether oxygens (including phenoxy) is 4. The zero-order chi connectivity index (χ0) is 32.6. The normalized spacial score (nSPS) is 33.0. The Hall–Kier alpha value is -3.72. The Morgan fingerprint density at radius 3 is 2.11 bits per heavy atom. The van der Waals surface area contributed by atoms with Gasteiger partial charge >= 0.3 is 23.9 Å². The monoisotopic (exact) mass is 608 g/mol. The molecule has 0 saturated heterocycles. The molecule has 44 heavy (non-hydrogen) atoms. The van der Waals surface area contributed by atoms with E-state index in [4.69, 9.17) is 18.9 Å². The Morgan fingerprint density at radius 1 is 0.909 bits per heavy atom. The minimum atomic E-state index is -1.05. The maximum Gasteiger partial charge on any atom is 0.331 e. The number of carbonyl (C=O) groups is 4. The summed E-state index contributed by atoms with van der Waals surface area (Å²) < 4.78 is 23.7. The van der Waals surface area contributed by atoms with Crippen LogP contribution in [0, 0.1) is 22.7 Å². The highest BCUT2D eigenvalue weighted by atomic mass is 16.6. The van der Waals surface area contributed by atoms with Gasteiger partial charge in [0.25, 0.3) is 0 Å². The van der Waals surface area contributed by atoms with Gasteiger partial charge in [-0.2, -0.15) is 0 Å². The molecule has 0 heterocycles. The van der Waals surface area contributed by atoms with E-state index in [2.05, 4.69) is 6.58 Å². The second-order valence-electron chi connectivity index (χ2n) is 13.1. The number of hydrogen-bond donors (Lipinski definition) is 1. The van der Waals surface area contributed by atoms with Gasteiger partial charge < -0.3 is 24.1 Å². The molecule has 0 spiro atoms. The van der Waals surface area contributed by atoms with Crippen LogP contribution in [-0.4, -0.2) is 59.5 Å². The maximum atomic E-state index is 12.9. The summed E-state index contributed by atoms with van der Waals surface area (Å²) in [6, 6.07) is 9.36. The van der Waals surface area contributed by atoms with Crippen LogP contribution in [-0.2, 0) is 38.1 Å². The molecule has 8 atom stereocenters. The molecule has 0 aliphatic heterocycles. The number of aliphatic hydroxyl groups excluding tert-OH is 1. The van der Waals surface area contributed by atoms with Crippen LogP contribution in [0.4, 0.5) is 0 Å². The van der Waals surface area contributed by atoms with E-state index in [9.17, 15) is 24.3 Å². The van der Waals surface area contributed by atoms with Gasteiger partial charge in [-0.05, 0) is 65.9 Å². The molecular formula is C35H44O9. The Morgan fingerprint density at radius 2 is 1.52 bits per heavy atom. The van der Waals surface area contributed by atoms with Crippen molar-refractivity contribution in [2.75, 3.05) is 0 Å². The topological polar surface area (TPSA) is 125 Å². The van der Waals surface area contributed by atoms with E-state index in [1.54, 1.807) is 6.08 Å². The average molecular weight is 609 g/mol. The first-order valence-corrected chi connectivity index (χ1v) is 15.1. The molecule has 1 aromatic carbocycles. The number of rotatable bonds is 6. The Bertz CT molecular complexity index is 1370. The molecule has 9 nitrogen and oxygen atoms in total. The van der Waals surface area contributed by atoms with Crippen molar-refractivity contribution < 1.29 is 43.2 Å². The molecule has 5 unspecified atom stereocenters. The second kappa shape index (κ2) is 12.7. The molecule has 1 aromatic rings. The van der Waals surface area contributed by atoms with Gasteiger partial charge in [0.05, 0.1) is 6.10 Å². The SMILES string of the molecule is C=C1C(OC(=O)/C=C/c2ccccc2)CC[C@@]2(C)C(OC(C)=O)C(OC(C)=O)C3=C(C)C(OC(C)=O)C[C@@H](C(O)[C@H]12)C3(C)C. The molecule has 9 heteroatoms. The minimum absolute atomic E-state index is 0.318. The van der Waals surface area contributed by atoms with Gasteiger partial charge in [0.2, 0.25) is 0 Å². The van der Waals surface area contributed by atoms with Crippen molar-refractivity contribution in [1.29, 1.82) is 0 Å². The molecule has 1 N–H and O–H groups in total. The molecular weight excluding hydrogens is 564 g/mol. The predicted molar refractivity (Wildman–Crippen MR) is 163 cm³/mol. The van der Waals surface area contributed by atoms with Gasteiger partial charge in [-0.25, -0.2) is 4.79 Å². The van der Waals surface area contributed by atoms with Crippen LogP contribution in [0.15, 0.2) is 59.7 Å². The van der Waals surface area contributed by atoms with Crippen LogP contribution in [0.25, 0.3) is 6.08 Å². The third-order valence-corrected chi connectivity index (χ3v) is 9.79. The number of fused-ring (bicyclic) bond motifs is 3. The van der Waals surface area contributed by atoms with Gasteiger partial charge in [0, 0.05) is 38.2 Å². The molecule has 3 aliphatic rings. The van der Waals surface area contributed by atoms with Gasteiger partial charge in [0.1, 0.15) is 18.3 Å². The second-order valence-corrected chi connectivity index (χ2v) is 13.1. The highest BCUT2D eigenvalue weighted by Crippen LogP contribution is 2.60. The van der Waals surface area contributed by atoms with Gasteiger partial charge in [-0.3, -0.25) is 14.4 Å². The molecule has 4 rings (SSSR count). The summed E-state index contributed by atoms with van der Waals surface area (Å²) in [5.74, 6) is -3.38. The standard InChI is InChI=1S/C35H44O9/c1-19-26(44-28(39)15-14-24-12-10-9-11-13-24)16-17-35(8)29(19)31(40)25-18-27(41-21(3)36)20(2)30(34(25,6)7)32(42-22(4)37)33(35)43-23(5)38/h9-15,25-27,29,31-33,40H,1,16-18H2,2-8H3/b15-14+/t25-,26?,27?,29-,31?,32?,33?,35+/m0/s1. The predicted octanol–water partition coefficient (Wildman–Crippen LogP) is 5.12. The Labute approximate surface area is 259 Å². The maximum absolute atomic E-state index is 12.9. The van der Waals surface area contributed by atoms with Crippen molar-refractivity contribution in [2.24, 2.45) is 22.7 Å². The van der Waals surface area contributed by atoms with Crippen LogP contribution in [0.3, 0.4) is 0 Å². The summed E-state index contributed by atoms with van der Waals surface area (Å²) >= 11 is 0. The van der Waals surface area contributed by atoms with E-state index < -0.39 is 77.1 Å². The summed E-state index contributed by atoms with van der Waals surface area (Å²) in [7, 11) is 0. The van der Waals surface area contributed by atoms with E-state index in [-0.39, 0.29) is 0 Å². The average Bonchev–Trinajstić information content (AvgIpc) is 2.92. The van der Waals surface area contributed by atoms with Crippen LogP contribution in [0.2, 0.25) is 0 Å². The zero-order valence-corrected chi connectivity index (χ0v) is 26.6. The van der Waals surface area contributed by atoms with Crippen LogP contribution in [0.1, 0.15) is 73.3 Å². The van der Waals surface area contributed by atoms with Gasteiger partial charge in [-0.15, -0.1) is 0 Å². The molecule has 0 radical (unpaired) electrons. The number of carbonyl (C=O) groups excluding carboxylic acids is 4. The summed E-state index contributed by atoms with van der Waals surface area (Å²) in [6.45, 7) is 15.9. The Balaban J connectivity index is 1.81. The van der Waals surface area contributed by atoms with Crippen molar-refractivity contribution in [3.05, 3.63) is 65.3 Å². The zero-order valence-electron chi connectivity index (χ0n) is 26.6. The minimum Gasteiger partial charge on any atom is -0.458 e. The van der Waals surface area contributed by atoms with Gasteiger partial charge in [0.15, 0.2) is 6.10 Å². The molecule has 2 fully saturated rings. The molecule has 238 valence electrons. The molecule has 0 aromatic heterocycles. The van der Waals surface area contributed by atoms with Crippen LogP contribution < -0.4 is 0 Å². The van der Waals surface area contributed by atoms with Gasteiger partial charge in [-0.1, -0.05) is 57.7 Å². The van der Waals surface area contributed by atoms with Crippen molar-refractivity contribution in [3.63, 3.8) is 0 Å². The quantitative estimate of drug-likeness (QED) is 0.203. The third kappa shape index (κ3) is 6.39. The summed E-state index contributed by atoms with van der Waals surface area (Å²) in [4.78, 5) is 50.3. The first kappa shape index (κ1) is 33.2. The van der Waals surface area contributed by atoms with E-state index >= 15 is 0 Å². The Kier molecular flexibility index (Phi) is 9.59. The van der Waals surface area contributed by atoms with Crippen molar-refractivity contribution in [2.45, 2.75) is 98.2 Å². The molecule has 2 saturated carbocycles.